The van der Waals surface area contributed by atoms with E-state index in [1.165, 1.54) is 0 Å². The molecule has 4 aromatic rings. The summed E-state index contributed by atoms with van der Waals surface area (Å²) in [5.41, 5.74) is 4.49. The van der Waals surface area contributed by atoms with Gasteiger partial charge in [0.1, 0.15) is 11.5 Å². The Hall–Kier alpha value is -4.32. The number of nitrogens with two attached hydrogens (primary N) is 1. The van der Waals surface area contributed by atoms with Gasteiger partial charge < -0.3 is 19.9 Å². The van der Waals surface area contributed by atoms with E-state index in [9.17, 15) is 4.79 Å². The van der Waals surface area contributed by atoms with Crippen molar-refractivity contribution in [1.29, 1.82) is 0 Å². The minimum atomic E-state index is -0.322. The Morgan fingerprint density at radius 2 is 1.71 bits per heavy atom. The molecule has 0 saturated carbocycles. The van der Waals surface area contributed by atoms with Crippen molar-refractivity contribution in [3.8, 4) is 11.5 Å². The first-order chi connectivity index (χ1) is 16.6. The van der Waals surface area contributed by atoms with Gasteiger partial charge in [0, 0.05) is 18.9 Å². The minimum Gasteiger partial charge on any atom is -0.462 e. The van der Waals surface area contributed by atoms with Crippen LogP contribution in [0.3, 0.4) is 0 Å². The van der Waals surface area contributed by atoms with E-state index in [1.54, 1.807) is 6.21 Å². The summed E-state index contributed by atoms with van der Waals surface area (Å²) in [6, 6.07) is 25.5. The van der Waals surface area contributed by atoms with Gasteiger partial charge in [-0.3, -0.25) is 0 Å². The van der Waals surface area contributed by atoms with Crippen molar-refractivity contribution >= 4 is 12.2 Å². The fourth-order valence-electron chi connectivity index (χ4n) is 3.81. The summed E-state index contributed by atoms with van der Waals surface area (Å²) in [6.07, 6.45) is 6.04. The molecule has 0 atom stereocenters. The lowest BCUT2D eigenvalue weighted by Crippen LogP contribution is -2.06. The molecule has 1 heterocycles. The van der Waals surface area contributed by atoms with Crippen LogP contribution >= 0.6 is 0 Å². The van der Waals surface area contributed by atoms with Gasteiger partial charge in [-0.25, -0.2) is 4.79 Å². The quantitative estimate of drug-likeness (QED) is 0.160. The van der Waals surface area contributed by atoms with Crippen LogP contribution in [0.4, 0.5) is 0 Å². The molecule has 0 aliphatic rings. The minimum absolute atomic E-state index is 0.322. The molecule has 0 aliphatic carbocycles. The Morgan fingerprint density at radius 1 is 0.941 bits per heavy atom. The molecule has 0 bridgehead atoms. The van der Waals surface area contributed by atoms with Gasteiger partial charge >= 0.3 is 5.97 Å². The van der Waals surface area contributed by atoms with E-state index >= 15 is 0 Å². The maximum Gasteiger partial charge on any atom is 0.339 e. The van der Waals surface area contributed by atoms with Crippen molar-refractivity contribution < 1.29 is 14.3 Å². The molecule has 34 heavy (non-hydrogen) atoms. The van der Waals surface area contributed by atoms with Crippen molar-refractivity contribution in [2.45, 2.75) is 19.9 Å². The largest absolute Gasteiger partial charge is 0.462 e. The van der Waals surface area contributed by atoms with Crippen LogP contribution in [-0.4, -0.2) is 23.4 Å². The smallest absolute Gasteiger partial charge is 0.339 e. The number of nitrogens with zero attached hydrogens (tertiary/aromatic N) is 2. The Kier molecular flexibility index (Phi) is 7.40. The number of hydrogen-bond acceptors (Lipinski definition) is 5. The van der Waals surface area contributed by atoms with E-state index in [2.05, 4.69) is 5.10 Å². The highest BCUT2D eigenvalue weighted by atomic mass is 16.5. The monoisotopic (exact) mass is 453 g/mol. The molecule has 2 N–H and O–H groups in total. The molecule has 172 valence electrons. The average Bonchev–Trinajstić information content (AvgIpc) is 3.22. The molecule has 0 aliphatic heterocycles. The Bertz CT molecular complexity index is 1280. The van der Waals surface area contributed by atoms with Crippen LogP contribution in [0.5, 0.6) is 11.5 Å². The van der Waals surface area contributed by atoms with Gasteiger partial charge in [0.05, 0.1) is 18.4 Å². The van der Waals surface area contributed by atoms with Crippen molar-refractivity contribution in [2.24, 2.45) is 10.9 Å². The van der Waals surface area contributed by atoms with Crippen molar-refractivity contribution in [3.05, 3.63) is 119 Å². The third-order valence-corrected chi connectivity index (χ3v) is 5.27. The van der Waals surface area contributed by atoms with E-state index in [0.717, 1.165) is 33.8 Å². The standard InChI is InChI=1S/C28H27N3O3/c1-2-33-28(32)27-20-31(19-24(27)15-21-8-6-9-22(14-21)17-30-29)18-23-10-7-13-26(16-23)34-25-11-4-3-5-12-25/h3-14,16-17,19-20H,2,15,18,29H2,1H3/b30-17-. The maximum absolute atomic E-state index is 12.7. The third kappa shape index (κ3) is 5.92. The first-order valence-electron chi connectivity index (χ1n) is 11.1. The first kappa shape index (κ1) is 22.9. The van der Waals surface area contributed by atoms with Crippen LogP contribution in [0.2, 0.25) is 0 Å². The van der Waals surface area contributed by atoms with Gasteiger partial charge in [-0.15, -0.1) is 0 Å². The lowest BCUT2D eigenvalue weighted by Gasteiger charge is -2.08. The second-order valence-corrected chi connectivity index (χ2v) is 7.85. The molecule has 0 spiro atoms. The van der Waals surface area contributed by atoms with E-state index in [-0.39, 0.29) is 5.97 Å². The first-order valence-corrected chi connectivity index (χ1v) is 11.1. The van der Waals surface area contributed by atoms with Crippen LogP contribution in [0.15, 0.2) is 96.4 Å². The Labute approximate surface area is 199 Å². The van der Waals surface area contributed by atoms with E-state index in [0.29, 0.717) is 25.1 Å². The van der Waals surface area contributed by atoms with E-state index in [4.69, 9.17) is 15.3 Å². The number of hydrazone groups is 1. The summed E-state index contributed by atoms with van der Waals surface area (Å²) in [6.45, 7) is 2.73. The molecule has 6 nitrogen and oxygen atoms in total. The van der Waals surface area contributed by atoms with Gasteiger partial charge in [-0.1, -0.05) is 48.5 Å². The summed E-state index contributed by atoms with van der Waals surface area (Å²) >= 11 is 0. The maximum atomic E-state index is 12.7. The molecule has 0 fully saturated rings. The molecule has 0 saturated heterocycles. The van der Waals surface area contributed by atoms with Crippen LogP contribution in [0.1, 0.15) is 39.5 Å². The number of aromatic nitrogens is 1. The molecule has 0 amide bonds. The SMILES string of the molecule is CCOC(=O)c1cn(Cc2cccc(Oc3ccccc3)c2)cc1Cc1cccc(/C=N\N)c1. The zero-order valence-corrected chi connectivity index (χ0v) is 19.1. The molecular weight excluding hydrogens is 426 g/mol. The molecule has 6 heteroatoms. The highest BCUT2D eigenvalue weighted by Crippen LogP contribution is 2.23. The molecular formula is C28H27N3O3. The van der Waals surface area contributed by atoms with Crippen molar-refractivity contribution in [2.75, 3.05) is 6.61 Å². The number of esters is 1. The van der Waals surface area contributed by atoms with Crippen molar-refractivity contribution in [1.82, 2.24) is 4.57 Å². The molecule has 3 aromatic carbocycles. The number of rotatable bonds is 9. The second-order valence-electron chi connectivity index (χ2n) is 7.85. The summed E-state index contributed by atoms with van der Waals surface area (Å²) in [4.78, 5) is 12.7. The highest BCUT2D eigenvalue weighted by molar-refractivity contribution is 5.91. The topological polar surface area (TPSA) is 78.8 Å². The normalized spacial score (nSPS) is 11.0. The molecule has 1 aromatic heterocycles. The average molecular weight is 454 g/mol. The van der Waals surface area contributed by atoms with Crippen molar-refractivity contribution in [3.63, 3.8) is 0 Å². The van der Waals surface area contributed by atoms with Crippen LogP contribution in [-0.2, 0) is 17.7 Å². The zero-order chi connectivity index (χ0) is 23.8. The van der Waals surface area contributed by atoms with Crippen LogP contribution in [0, 0.1) is 0 Å². The summed E-state index contributed by atoms with van der Waals surface area (Å²) in [5.74, 6) is 6.51. The summed E-state index contributed by atoms with van der Waals surface area (Å²) in [5, 5.41) is 3.60. The number of para-hydroxylation sites is 1. The van der Waals surface area contributed by atoms with Gasteiger partial charge in [0.15, 0.2) is 0 Å². The number of benzene rings is 3. The summed E-state index contributed by atoms with van der Waals surface area (Å²) < 4.78 is 13.3. The number of ether oxygens (including phenoxy) is 2. The van der Waals surface area contributed by atoms with E-state index < -0.39 is 0 Å². The van der Waals surface area contributed by atoms with Gasteiger partial charge in [-0.2, -0.15) is 5.10 Å². The fraction of sp³-hybridized carbons (Fsp3) is 0.143. The predicted molar refractivity (Wildman–Crippen MR) is 133 cm³/mol. The predicted octanol–water partition coefficient (Wildman–Crippen LogP) is 5.39. The van der Waals surface area contributed by atoms with Gasteiger partial charge in [0.25, 0.3) is 0 Å². The van der Waals surface area contributed by atoms with Gasteiger partial charge in [0.2, 0.25) is 0 Å². The lowest BCUT2D eigenvalue weighted by atomic mass is 10.0. The number of hydrogen-bond donors (Lipinski definition) is 1. The number of carbonyl (C=O) groups excluding carboxylic acids is 1. The van der Waals surface area contributed by atoms with Crippen LogP contribution in [0.25, 0.3) is 0 Å². The second kappa shape index (κ2) is 11.0. The number of carbonyl (C=O) groups is 1. The summed E-state index contributed by atoms with van der Waals surface area (Å²) in [7, 11) is 0. The molecule has 0 unspecified atom stereocenters. The zero-order valence-electron chi connectivity index (χ0n) is 19.1. The Morgan fingerprint density at radius 3 is 2.50 bits per heavy atom. The van der Waals surface area contributed by atoms with Gasteiger partial charge in [-0.05, 0) is 65.9 Å². The fourth-order valence-corrected chi connectivity index (χ4v) is 3.81. The Balaban J connectivity index is 1.57. The van der Waals surface area contributed by atoms with E-state index in [1.807, 2.05) is 103 Å². The van der Waals surface area contributed by atoms with Crippen LogP contribution < -0.4 is 10.6 Å². The highest BCUT2D eigenvalue weighted by Gasteiger charge is 2.16. The molecule has 4 rings (SSSR count). The third-order valence-electron chi connectivity index (χ3n) is 5.27. The lowest BCUT2D eigenvalue weighted by molar-refractivity contribution is 0.0525. The molecule has 0 radical (unpaired) electrons.